The first-order valence-corrected chi connectivity index (χ1v) is 9.72. The standard InChI is InChI=1S/C20H29N3O7/c1-20(2)29-16-13(9-15(24)23-21)28-14(17(16)30-20)10-22-18(25)11-5-7-12(8-6-11)19(26-3)27-4/h5-8,13-14,16-17,19H,9-10,21H2,1-4H3,(H,22,25)(H,23,24)/t13-,14+,16-,17+/m0/s1. The second-order valence-corrected chi connectivity index (χ2v) is 7.68. The molecule has 10 heteroatoms. The molecule has 10 nitrogen and oxygen atoms in total. The van der Waals surface area contributed by atoms with Crippen molar-refractivity contribution in [2.45, 2.75) is 56.8 Å². The van der Waals surface area contributed by atoms with Crippen molar-refractivity contribution in [1.82, 2.24) is 10.7 Å². The summed E-state index contributed by atoms with van der Waals surface area (Å²) >= 11 is 0. The highest BCUT2D eigenvalue weighted by Crippen LogP contribution is 2.39. The number of nitrogens with one attached hydrogen (secondary N) is 2. The van der Waals surface area contributed by atoms with Gasteiger partial charge >= 0.3 is 0 Å². The molecule has 1 aromatic rings. The number of nitrogens with two attached hydrogens (primary N) is 1. The Morgan fingerprint density at radius 3 is 2.27 bits per heavy atom. The van der Waals surface area contributed by atoms with Gasteiger partial charge in [0.1, 0.15) is 18.3 Å². The number of hydrazine groups is 1. The molecule has 166 valence electrons. The Bertz CT molecular complexity index is 751. The van der Waals surface area contributed by atoms with Gasteiger partial charge in [0.25, 0.3) is 5.91 Å². The van der Waals surface area contributed by atoms with Crippen molar-refractivity contribution in [3.8, 4) is 0 Å². The molecule has 2 heterocycles. The first kappa shape index (κ1) is 22.6. The number of amides is 2. The molecule has 0 aromatic heterocycles. The topological polar surface area (TPSA) is 130 Å². The van der Waals surface area contributed by atoms with E-state index in [1.807, 2.05) is 0 Å². The summed E-state index contributed by atoms with van der Waals surface area (Å²) in [4.78, 5) is 24.3. The average Bonchev–Trinajstić information content (AvgIpc) is 3.21. The van der Waals surface area contributed by atoms with E-state index in [1.165, 1.54) is 0 Å². The van der Waals surface area contributed by atoms with Crippen LogP contribution in [0.15, 0.2) is 24.3 Å². The van der Waals surface area contributed by atoms with Crippen molar-refractivity contribution < 1.29 is 33.3 Å². The van der Waals surface area contributed by atoms with Crippen LogP contribution in [-0.2, 0) is 28.5 Å². The third-order valence-electron chi connectivity index (χ3n) is 5.13. The number of fused-ring (bicyclic) bond motifs is 1. The number of carbonyl (C=O) groups is 2. The summed E-state index contributed by atoms with van der Waals surface area (Å²) in [5, 5.41) is 2.86. The van der Waals surface area contributed by atoms with Crippen LogP contribution in [0.25, 0.3) is 0 Å². The van der Waals surface area contributed by atoms with E-state index in [2.05, 4.69) is 10.7 Å². The first-order chi connectivity index (χ1) is 14.3. The molecule has 30 heavy (non-hydrogen) atoms. The Balaban J connectivity index is 1.61. The number of rotatable bonds is 8. The van der Waals surface area contributed by atoms with Crippen molar-refractivity contribution in [2.24, 2.45) is 5.84 Å². The van der Waals surface area contributed by atoms with Crippen molar-refractivity contribution in [3.05, 3.63) is 35.4 Å². The number of methoxy groups -OCH3 is 2. The van der Waals surface area contributed by atoms with Crippen molar-refractivity contribution in [1.29, 1.82) is 0 Å². The summed E-state index contributed by atoms with van der Waals surface area (Å²) < 4.78 is 28.2. The van der Waals surface area contributed by atoms with E-state index in [4.69, 9.17) is 29.5 Å². The highest BCUT2D eigenvalue weighted by Gasteiger charge is 2.55. The van der Waals surface area contributed by atoms with Gasteiger partial charge in [-0.2, -0.15) is 0 Å². The van der Waals surface area contributed by atoms with E-state index >= 15 is 0 Å². The van der Waals surface area contributed by atoms with Crippen LogP contribution < -0.4 is 16.6 Å². The molecule has 4 N–H and O–H groups in total. The molecule has 4 atom stereocenters. The summed E-state index contributed by atoms with van der Waals surface area (Å²) in [7, 11) is 3.09. The number of hydrogen-bond donors (Lipinski definition) is 3. The Hall–Kier alpha value is -2.08. The van der Waals surface area contributed by atoms with Gasteiger partial charge in [0, 0.05) is 31.9 Å². The van der Waals surface area contributed by atoms with Crippen LogP contribution in [0.5, 0.6) is 0 Å². The zero-order chi connectivity index (χ0) is 21.9. The van der Waals surface area contributed by atoms with Crippen molar-refractivity contribution in [2.75, 3.05) is 20.8 Å². The van der Waals surface area contributed by atoms with E-state index in [1.54, 1.807) is 52.3 Å². The third kappa shape index (κ3) is 4.97. The molecule has 0 radical (unpaired) electrons. The smallest absolute Gasteiger partial charge is 0.251 e. The Kier molecular flexibility index (Phi) is 7.06. The molecule has 0 saturated carbocycles. The van der Waals surface area contributed by atoms with E-state index in [0.29, 0.717) is 5.56 Å². The summed E-state index contributed by atoms with van der Waals surface area (Å²) in [6.45, 7) is 3.81. The Labute approximate surface area is 175 Å². The predicted octanol–water partition coefficient (Wildman–Crippen LogP) is 0.375. The molecule has 2 fully saturated rings. The lowest BCUT2D eigenvalue weighted by atomic mass is 10.1. The van der Waals surface area contributed by atoms with Gasteiger partial charge in [-0.1, -0.05) is 12.1 Å². The van der Waals surface area contributed by atoms with Crippen LogP contribution in [0.1, 0.15) is 42.5 Å². The van der Waals surface area contributed by atoms with E-state index < -0.39 is 36.5 Å². The zero-order valence-corrected chi connectivity index (χ0v) is 17.5. The summed E-state index contributed by atoms with van der Waals surface area (Å²) in [5.41, 5.74) is 3.39. The van der Waals surface area contributed by atoms with Crippen LogP contribution in [0.4, 0.5) is 0 Å². The van der Waals surface area contributed by atoms with E-state index in [0.717, 1.165) is 5.56 Å². The lowest BCUT2D eigenvalue weighted by molar-refractivity contribution is -0.187. The van der Waals surface area contributed by atoms with Gasteiger partial charge in [-0.15, -0.1) is 0 Å². The van der Waals surface area contributed by atoms with Gasteiger partial charge < -0.3 is 29.0 Å². The minimum atomic E-state index is -0.798. The first-order valence-electron chi connectivity index (χ1n) is 9.72. The fraction of sp³-hybridized carbons (Fsp3) is 0.600. The zero-order valence-electron chi connectivity index (χ0n) is 17.5. The quantitative estimate of drug-likeness (QED) is 0.237. The minimum absolute atomic E-state index is 0.0448. The SMILES string of the molecule is COC(OC)c1ccc(C(=O)NC[C@H]2O[C@@H](CC(=O)NN)[C@@H]3OC(C)(C)O[C@@H]32)cc1. The number of benzene rings is 1. The minimum Gasteiger partial charge on any atom is -0.367 e. The fourth-order valence-electron chi connectivity index (χ4n) is 3.80. The Morgan fingerprint density at radius 1 is 1.10 bits per heavy atom. The molecule has 2 saturated heterocycles. The summed E-state index contributed by atoms with van der Waals surface area (Å²) in [6.07, 6.45) is -2.23. The van der Waals surface area contributed by atoms with Gasteiger partial charge in [-0.25, -0.2) is 5.84 Å². The van der Waals surface area contributed by atoms with E-state index in [-0.39, 0.29) is 24.8 Å². The molecule has 0 unspecified atom stereocenters. The molecule has 2 aliphatic rings. The van der Waals surface area contributed by atoms with Gasteiger partial charge in [0.05, 0.1) is 12.5 Å². The molecular weight excluding hydrogens is 394 g/mol. The summed E-state index contributed by atoms with van der Waals surface area (Å²) in [6, 6.07) is 6.93. The summed E-state index contributed by atoms with van der Waals surface area (Å²) in [5.74, 6) is 3.77. The monoisotopic (exact) mass is 423 g/mol. The molecule has 0 spiro atoms. The molecule has 3 rings (SSSR count). The van der Waals surface area contributed by atoms with Crippen LogP contribution in [-0.4, -0.2) is 62.8 Å². The van der Waals surface area contributed by atoms with Gasteiger partial charge in [-0.05, 0) is 26.0 Å². The maximum Gasteiger partial charge on any atom is 0.251 e. The largest absolute Gasteiger partial charge is 0.367 e. The lowest BCUT2D eigenvalue weighted by Crippen LogP contribution is -2.39. The van der Waals surface area contributed by atoms with Gasteiger partial charge in [0.2, 0.25) is 5.91 Å². The highest BCUT2D eigenvalue weighted by molar-refractivity contribution is 5.94. The molecule has 0 bridgehead atoms. The van der Waals surface area contributed by atoms with Crippen LogP contribution in [0.2, 0.25) is 0 Å². The second-order valence-electron chi connectivity index (χ2n) is 7.68. The molecule has 0 aliphatic carbocycles. The second kappa shape index (κ2) is 9.38. The van der Waals surface area contributed by atoms with Crippen LogP contribution >= 0.6 is 0 Å². The van der Waals surface area contributed by atoms with Gasteiger partial charge in [0.15, 0.2) is 12.1 Å². The van der Waals surface area contributed by atoms with Crippen molar-refractivity contribution >= 4 is 11.8 Å². The van der Waals surface area contributed by atoms with Crippen LogP contribution in [0, 0.1) is 0 Å². The maximum absolute atomic E-state index is 12.6. The molecular formula is C20H29N3O7. The Morgan fingerprint density at radius 2 is 1.70 bits per heavy atom. The number of hydrogen-bond acceptors (Lipinski definition) is 8. The number of carbonyl (C=O) groups excluding carboxylic acids is 2. The fourth-order valence-corrected chi connectivity index (χ4v) is 3.80. The lowest BCUT2D eigenvalue weighted by Gasteiger charge is -2.24. The van der Waals surface area contributed by atoms with Crippen LogP contribution in [0.3, 0.4) is 0 Å². The van der Waals surface area contributed by atoms with E-state index in [9.17, 15) is 9.59 Å². The normalized spacial score (nSPS) is 27.1. The molecule has 2 aliphatic heterocycles. The maximum atomic E-state index is 12.6. The highest BCUT2D eigenvalue weighted by atomic mass is 16.8. The van der Waals surface area contributed by atoms with Crippen molar-refractivity contribution in [3.63, 3.8) is 0 Å². The van der Waals surface area contributed by atoms with Gasteiger partial charge in [-0.3, -0.25) is 15.0 Å². The third-order valence-corrected chi connectivity index (χ3v) is 5.13. The predicted molar refractivity (Wildman–Crippen MR) is 105 cm³/mol. The average molecular weight is 423 g/mol. The molecule has 2 amide bonds. The molecule has 1 aromatic carbocycles. The number of ether oxygens (including phenoxy) is 5.